The lowest BCUT2D eigenvalue weighted by atomic mass is 10.0. The van der Waals surface area contributed by atoms with Crippen LogP contribution in [0.25, 0.3) is 32.2 Å². The zero-order chi connectivity index (χ0) is 44.4. The molecule has 0 amide bonds. The second-order valence-corrected chi connectivity index (χ2v) is 12.5. The molecule has 0 saturated heterocycles. The minimum Gasteiger partial charge on any atom is -0.494 e. The molecular formula is C49H46N4O8. The highest BCUT2D eigenvalue weighted by Gasteiger charge is 2.14. The van der Waals surface area contributed by atoms with Crippen molar-refractivity contribution in [2.75, 3.05) is 39.6 Å². The molecule has 310 valence electrons. The van der Waals surface area contributed by atoms with Crippen LogP contribution in [0.3, 0.4) is 0 Å². The Bertz CT molecular complexity index is 2340. The van der Waals surface area contributed by atoms with E-state index in [0.29, 0.717) is 101 Å². The molecule has 0 atom stereocenters. The molecule has 0 spiro atoms. The SMILES string of the molecule is [C-]#[N+]/C(=C(/C#N)c1ccc(OCC)cc1)c1ccc(OCCCOC(=O)C(=C)C)cc1.[C-]#[N+]/C(=C(/C#N)c1ccc(OCC)cc1)c1ccc(OCCCOC(=O)C=C)cc1. The van der Waals surface area contributed by atoms with Gasteiger partial charge >= 0.3 is 11.9 Å². The summed E-state index contributed by atoms with van der Waals surface area (Å²) in [5.74, 6) is 1.80. The molecule has 0 aliphatic carbocycles. The van der Waals surface area contributed by atoms with Crippen molar-refractivity contribution in [3.63, 3.8) is 0 Å². The number of carbonyl (C=O) groups is 2. The van der Waals surface area contributed by atoms with E-state index in [0.717, 1.165) is 6.08 Å². The van der Waals surface area contributed by atoms with E-state index >= 15 is 0 Å². The topological polar surface area (TPSA) is 146 Å². The number of esters is 2. The third-order valence-electron chi connectivity index (χ3n) is 8.19. The summed E-state index contributed by atoms with van der Waals surface area (Å²) in [4.78, 5) is 29.5. The summed E-state index contributed by atoms with van der Waals surface area (Å²) in [6, 6.07) is 32.4. The Kier molecular flexibility index (Phi) is 20.2. The average Bonchev–Trinajstić information content (AvgIpc) is 3.28. The molecule has 0 aliphatic rings. The van der Waals surface area contributed by atoms with Crippen molar-refractivity contribution < 1.29 is 38.0 Å². The van der Waals surface area contributed by atoms with Crippen molar-refractivity contribution in [1.29, 1.82) is 10.5 Å². The zero-order valence-electron chi connectivity index (χ0n) is 34.4. The van der Waals surface area contributed by atoms with Gasteiger partial charge in [-0.2, -0.15) is 10.5 Å². The predicted molar refractivity (Wildman–Crippen MR) is 233 cm³/mol. The minimum atomic E-state index is -0.460. The Morgan fingerprint density at radius 3 is 1.25 bits per heavy atom. The van der Waals surface area contributed by atoms with Gasteiger partial charge in [-0.3, -0.25) is 0 Å². The molecule has 4 aromatic carbocycles. The summed E-state index contributed by atoms with van der Waals surface area (Å²) < 4.78 is 32.0. The number of benzene rings is 4. The number of hydrogen-bond donors (Lipinski definition) is 0. The summed E-state index contributed by atoms with van der Waals surface area (Å²) in [6.45, 7) is 29.8. The molecule has 0 saturated carbocycles. The summed E-state index contributed by atoms with van der Waals surface area (Å²) in [5.41, 5.74) is 4.06. The third kappa shape index (κ3) is 15.3. The van der Waals surface area contributed by atoms with Crippen LogP contribution in [0.15, 0.2) is 122 Å². The lowest BCUT2D eigenvalue weighted by Gasteiger charge is -2.09. The van der Waals surface area contributed by atoms with Gasteiger partial charge in [0.2, 0.25) is 11.4 Å². The molecule has 0 aromatic heterocycles. The van der Waals surface area contributed by atoms with Crippen molar-refractivity contribution >= 4 is 34.5 Å². The van der Waals surface area contributed by atoms with Crippen molar-refractivity contribution in [3.8, 4) is 35.1 Å². The molecule has 0 fully saturated rings. The van der Waals surface area contributed by atoms with E-state index in [2.05, 4.69) is 35.0 Å². The predicted octanol–water partition coefficient (Wildman–Crippen LogP) is 10.2. The van der Waals surface area contributed by atoms with Crippen LogP contribution in [0.5, 0.6) is 23.0 Å². The number of allylic oxidation sites excluding steroid dienone is 2. The maximum absolute atomic E-state index is 11.3. The van der Waals surface area contributed by atoms with Gasteiger partial charge in [-0.15, -0.1) is 0 Å². The molecule has 0 aliphatic heterocycles. The van der Waals surface area contributed by atoms with E-state index in [-0.39, 0.29) is 24.6 Å². The molecule has 0 bridgehead atoms. The lowest BCUT2D eigenvalue weighted by molar-refractivity contribution is -0.139. The van der Waals surface area contributed by atoms with Crippen LogP contribution in [0, 0.1) is 35.8 Å². The first-order valence-electron chi connectivity index (χ1n) is 19.2. The average molecular weight is 819 g/mol. The molecule has 61 heavy (non-hydrogen) atoms. The van der Waals surface area contributed by atoms with Crippen LogP contribution >= 0.6 is 0 Å². The number of nitriles is 2. The van der Waals surface area contributed by atoms with E-state index < -0.39 is 11.9 Å². The molecule has 4 aromatic rings. The van der Waals surface area contributed by atoms with E-state index in [1.54, 1.807) is 104 Å². The highest BCUT2D eigenvalue weighted by molar-refractivity contribution is 6.00. The van der Waals surface area contributed by atoms with E-state index in [4.69, 9.17) is 41.6 Å². The first kappa shape index (κ1) is 47.3. The largest absolute Gasteiger partial charge is 0.494 e. The molecule has 12 heteroatoms. The van der Waals surface area contributed by atoms with Crippen LogP contribution < -0.4 is 18.9 Å². The van der Waals surface area contributed by atoms with Gasteiger partial charge in [0.25, 0.3) is 0 Å². The van der Waals surface area contributed by atoms with Crippen LogP contribution in [-0.2, 0) is 19.1 Å². The fraction of sp³-hybridized carbons (Fsp3) is 0.224. The van der Waals surface area contributed by atoms with Crippen LogP contribution in [0.1, 0.15) is 55.9 Å². The first-order valence-corrected chi connectivity index (χ1v) is 19.2. The number of carbonyl (C=O) groups excluding carboxylic acids is 2. The Morgan fingerprint density at radius 1 is 0.590 bits per heavy atom. The summed E-state index contributed by atoms with van der Waals surface area (Å²) >= 11 is 0. The fourth-order valence-corrected chi connectivity index (χ4v) is 5.24. The van der Waals surface area contributed by atoms with Gasteiger partial charge in [0.1, 0.15) is 23.0 Å². The standard InChI is InChI=1S/C25H24N2O4.C24H22N2O4/c1-5-29-21-11-7-19(8-12-21)23(17-26)24(27-4)20-9-13-22(14-10-20)30-15-6-16-31-25(28)18(2)3;1-4-23(27)30-16-6-15-29-21-13-9-19(10-14-21)24(26-3)22(17-25)18-7-11-20(12-8-18)28-5-2/h7-14H,2,5-6,15-16H2,1,3H3;4,7-14H,1,5-6,15-16H2,2H3/b24-23-;24-22-. The molecule has 0 heterocycles. The van der Waals surface area contributed by atoms with Crippen molar-refractivity contribution in [1.82, 2.24) is 0 Å². The van der Waals surface area contributed by atoms with E-state index in [1.807, 2.05) is 13.8 Å². The van der Waals surface area contributed by atoms with Gasteiger partial charge in [-0.05, 0) is 91.6 Å². The molecule has 0 radical (unpaired) electrons. The number of ether oxygens (including phenoxy) is 6. The summed E-state index contributed by atoms with van der Waals surface area (Å²) in [7, 11) is 0. The highest BCUT2D eigenvalue weighted by atomic mass is 16.5. The second-order valence-electron chi connectivity index (χ2n) is 12.5. The maximum Gasteiger partial charge on any atom is 0.333 e. The number of hydrogen-bond acceptors (Lipinski definition) is 10. The molecule has 0 N–H and O–H groups in total. The highest BCUT2D eigenvalue weighted by Crippen LogP contribution is 2.31. The van der Waals surface area contributed by atoms with Gasteiger partial charge in [0.15, 0.2) is 0 Å². The number of rotatable bonds is 20. The van der Waals surface area contributed by atoms with Crippen molar-refractivity contribution in [2.45, 2.75) is 33.6 Å². The Balaban J connectivity index is 0.000000325. The molecule has 12 nitrogen and oxygen atoms in total. The normalized spacial score (nSPS) is 10.8. The fourth-order valence-electron chi connectivity index (χ4n) is 5.24. The molecular weight excluding hydrogens is 773 g/mol. The monoisotopic (exact) mass is 818 g/mol. The van der Waals surface area contributed by atoms with Crippen LogP contribution in [-0.4, -0.2) is 51.6 Å². The summed E-state index contributed by atoms with van der Waals surface area (Å²) in [5, 5.41) is 19.3. The quantitative estimate of drug-likeness (QED) is 0.0211. The lowest BCUT2D eigenvalue weighted by Crippen LogP contribution is -2.09. The Hall–Kier alpha value is -8.06. The van der Waals surface area contributed by atoms with E-state index in [1.165, 1.54) is 0 Å². The third-order valence-corrected chi connectivity index (χ3v) is 8.19. The van der Waals surface area contributed by atoms with Crippen molar-refractivity contribution in [3.05, 3.63) is 167 Å². The maximum atomic E-state index is 11.3. The number of nitrogens with zero attached hydrogens (tertiary/aromatic N) is 4. The van der Waals surface area contributed by atoms with Crippen LogP contribution in [0.4, 0.5) is 0 Å². The molecule has 4 rings (SSSR count). The van der Waals surface area contributed by atoms with E-state index in [9.17, 15) is 20.1 Å². The van der Waals surface area contributed by atoms with Gasteiger partial charge < -0.3 is 28.4 Å². The van der Waals surface area contributed by atoms with Crippen molar-refractivity contribution in [2.24, 2.45) is 0 Å². The first-order chi connectivity index (χ1) is 29.6. The Morgan fingerprint density at radius 2 is 0.934 bits per heavy atom. The zero-order valence-corrected chi connectivity index (χ0v) is 34.4. The molecule has 0 unspecified atom stereocenters. The minimum absolute atomic E-state index is 0.251. The van der Waals surface area contributed by atoms with Gasteiger partial charge in [-0.25, -0.2) is 19.3 Å². The van der Waals surface area contributed by atoms with Gasteiger partial charge in [-0.1, -0.05) is 61.7 Å². The summed E-state index contributed by atoms with van der Waals surface area (Å²) in [6.07, 6.45) is 2.21. The second kappa shape index (κ2) is 26.0. The Labute approximate surface area is 357 Å². The smallest absolute Gasteiger partial charge is 0.333 e. The van der Waals surface area contributed by atoms with Gasteiger partial charge in [0.05, 0.1) is 76.1 Å². The van der Waals surface area contributed by atoms with Gasteiger partial charge in [0, 0.05) is 24.5 Å². The van der Waals surface area contributed by atoms with Crippen LogP contribution in [0.2, 0.25) is 0 Å².